The molecule has 0 radical (unpaired) electrons. The van der Waals surface area contributed by atoms with E-state index >= 15 is 0 Å². The Labute approximate surface area is 77.3 Å². The fourth-order valence-electron chi connectivity index (χ4n) is 1.23. The maximum atomic E-state index is 11.4. The highest BCUT2D eigenvalue weighted by Gasteiger charge is 2.15. The zero-order chi connectivity index (χ0) is 10.3. The fourth-order valence-corrected chi connectivity index (χ4v) is 1.23. The van der Waals surface area contributed by atoms with E-state index in [1.54, 1.807) is 0 Å². The second-order valence-electron chi connectivity index (χ2n) is 2.78. The topological polar surface area (TPSA) is 106 Å². The third kappa shape index (κ3) is 0.905. The van der Waals surface area contributed by atoms with Crippen LogP contribution in [0.5, 0.6) is 0 Å². The highest BCUT2D eigenvalue weighted by atomic mass is 16.1. The van der Waals surface area contributed by atoms with Crippen LogP contribution in [0.1, 0.15) is 0 Å². The molecule has 6 heteroatoms. The number of fused-ring (bicyclic) bond motifs is 1. The lowest BCUT2D eigenvalue weighted by atomic mass is 10.2. The van der Waals surface area contributed by atoms with Gasteiger partial charge in [-0.1, -0.05) is 0 Å². The molecule has 0 aromatic heterocycles. The smallest absolute Gasteiger partial charge is 0.231 e. The summed E-state index contributed by atoms with van der Waals surface area (Å²) < 4.78 is 0. The number of benzene rings is 1. The largest absolute Gasteiger partial charge is 0.355 e. The van der Waals surface area contributed by atoms with Gasteiger partial charge in [-0.2, -0.15) is 0 Å². The number of hydrogen-bond donors (Lipinski definition) is 4. The zero-order valence-corrected chi connectivity index (χ0v) is 6.97. The third-order valence-corrected chi connectivity index (χ3v) is 1.95. The molecule has 0 fully saturated rings. The molecule has 1 heterocycles. The first-order chi connectivity index (χ1) is 6.63. The van der Waals surface area contributed by atoms with Crippen LogP contribution in [-0.4, -0.2) is 0 Å². The molecule has 1 aromatic rings. The minimum absolute atomic E-state index is 0.0403. The van der Waals surface area contributed by atoms with Crippen LogP contribution in [0.3, 0.4) is 0 Å². The summed E-state index contributed by atoms with van der Waals surface area (Å²) >= 11 is 0. The van der Waals surface area contributed by atoms with Crippen molar-refractivity contribution in [1.29, 1.82) is 10.8 Å². The first kappa shape index (κ1) is 8.36. The van der Waals surface area contributed by atoms with Gasteiger partial charge in [-0.15, -0.1) is 0 Å². The van der Waals surface area contributed by atoms with Gasteiger partial charge in [0.15, 0.2) is 0 Å². The molecule has 0 saturated heterocycles. The van der Waals surface area contributed by atoms with E-state index in [4.69, 9.17) is 10.8 Å². The monoisotopic (exact) mass is 190 g/mol. The van der Waals surface area contributed by atoms with Crippen LogP contribution in [-0.2, 0) is 0 Å². The lowest BCUT2D eigenvalue weighted by Crippen LogP contribution is -2.48. The van der Waals surface area contributed by atoms with Gasteiger partial charge < -0.3 is 10.6 Å². The Balaban J connectivity index is 3.04. The molecule has 70 valence electrons. The first-order valence-electron chi connectivity index (χ1n) is 3.82. The lowest BCUT2D eigenvalue weighted by molar-refractivity contribution is 1.08. The Kier molecular flexibility index (Phi) is 1.57. The normalized spacial score (nSPS) is 12.9. The van der Waals surface area contributed by atoms with Crippen molar-refractivity contribution in [3.63, 3.8) is 0 Å². The van der Waals surface area contributed by atoms with E-state index < -0.39 is 21.6 Å². The van der Waals surface area contributed by atoms with Crippen LogP contribution < -0.4 is 32.2 Å². The molecule has 0 amide bonds. The summed E-state index contributed by atoms with van der Waals surface area (Å²) in [6.45, 7) is 0. The van der Waals surface area contributed by atoms with E-state index in [2.05, 4.69) is 10.6 Å². The van der Waals surface area contributed by atoms with Gasteiger partial charge in [0.2, 0.25) is 10.9 Å². The molecule has 0 aliphatic carbocycles. The second kappa shape index (κ2) is 2.63. The van der Waals surface area contributed by atoms with Crippen LogP contribution in [0.15, 0.2) is 22.0 Å². The Morgan fingerprint density at radius 3 is 1.57 bits per heavy atom. The van der Waals surface area contributed by atoms with Crippen molar-refractivity contribution >= 4 is 11.4 Å². The Morgan fingerprint density at radius 2 is 1.21 bits per heavy atom. The minimum atomic E-state index is -0.638. The molecule has 0 saturated carbocycles. The number of rotatable bonds is 0. The molecule has 14 heavy (non-hydrogen) atoms. The van der Waals surface area contributed by atoms with E-state index in [1.165, 1.54) is 12.4 Å². The molecule has 4 N–H and O–H groups in total. The van der Waals surface area contributed by atoms with Crippen molar-refractivity contribution in [1.82, 2.24) is 0 Å². The molecule has 1 aromatic carbocycles. The lowest BCUT2D eigenvalue weighted by Gasteiger charge is -2.11. The quantitative estimate of drug-likeness (QED) is 0.401. The van der Waals surface area contributed by atoms with E-state index in [0.29, 0.717) is 0 Å². The van der Waals surface area contributed by atoms with Crippen molar-refractivity contribution in [3.8, 4) is 0 Å². The third-order valence-electron chi connectivity index (χ3n) is 1.95. The Bertz CT molecular complexity index is 567. The van der Waals surface area contributed by atoms with Crippen molar-refractivity contribution in [2.45, 2.75) is 0 Å². The molecule has 0 unspecified atom stereocenters. The minimum Gasteiger partial charge on any atom is -0.355 e. The van der Waals surface area contributed by atoms with Crippen molar-refractivity contribution < 1.29 is 0 Å². The molecule has 1 aliphatic rings. The summed E-state index contributed by atoms with van der Waals surface area (Å²) in [5.74, 6) is 0. The van der Waals surface area contributed by atoms with Crippen LogP contribution >= 0.6 is 0 Å². The van der Waals surface area contributed by atoms with Gasteiger partial charge in [-0.25, -0.2) is 0 Å². The van der Waals surface area contributed by atoms with Crippen LogP contribution in [0.4, 0.5) is 11.4 Å². The first-order valence-corrected chi connectivity index (χ1v) is 3.82. The average Bonchev–Trinajstić information content (AvgIpc) is 2.23. The highest BCUT2D eigenvalue weighted by molar-refractivity contribution is 5.72. The maximum absolute atomic E-state index is 11.4. The molecular weight excluding hydrogens is 184 g/mol. The van der Waals surface area contributed by atoms with Crippen molar-refractivity contribution in [2.24, 2.45) is 0 Å². The van der Waals surface area contributed by atoms with Gasteiger partial charge >= 0.3 is 0 Å². The molecule has 1 aliphatic heterocycles. The average molecular weight is 190 g/mol. The summed E-state index contributed by atoms with van der Waals surface area (Å²) in [5, 5.41) is 18.5. The number of nitrogens with one attached hydrogen (secondary N) is 4. The Hall–Kier alpha value is -2.24. The van der Waals surface area contributed by atoms with Gasteiger partial charge in [0, 0.05) is 12.4 Å². The van der Waals surface area contributed by atoms with E-state index in [9.17, 15) is 9.59 Å². The van der Waals surface area contributed by atoms with Gasteiger partial charge in [-0.3, -0.25) is 20.4 Å². The van der Waals surface area contributed by atoms with Gasteiger partial charge in [0.1, 0.15) is 22.1 Å². The van der Waals surface area contributed by atoms with Crippen molar-refractivity contribution in [2.75, 3.05) is 10.6 Å². The summed E-state index contributed by atoms with van der Waals surface area (Å²) in [7, 11) is 0. The summed E-state index contributed by atoms with van der Waals surface area (Å²) in [5.41, 5.74) is -1.19. The van der Waals surface area contributed by atoms with Crippen LogP contribution in [0.2, 0.25) is 0 Å². The van der Waals surface area contributed by atoms with E-state index in [1.807, 2.05) is 0 Å². The molecular formula is C8H6N4O2. The highest BCUT2D eigenvalue weighted by Crippen LogP contribution is 2.12. The van der Waals surface area contributed by atoms with E-state index in [-0.39, 0.29) is 11.4 Å². The maximum Gasteiger partial charge on any atom is 0.231 e. The summed E-state index contributed by atoms with van der Waals surface area (Å²) in [6.07, 6.45) is 2.90. The summed E-state index contributed by atoms with van der Waals surface area (Å²) in [6, 6.07) is 0. The fraction of sp³-hybridized carbons (Fsp3) is 0. The van der Waals surface area contributed by atoms with Crippen LogP contribution in [0, 0.1) is 10.8 Å². The second-order valence-corrected chi connectivity index (χ2v) is 2.78. The number of hydrogen-bond acceptors (Lipinski definition) is 6. The standard InChI is InChI=1S/C8H6N4O2/c9-3-4(10)8(14)6-5(7(3)13)11-1-2-12-6/h1-2,9-12H. The zero-order valence-electron chi connectivity index (χ0n) is 6.97. The van der Waals surface area contributed by atoms with Gasteiger partial charge in [0.25, 0.3) is 0 Å². The number of anilines is 2. The Morgan fingerprint density at radius 1 is 0.857 bits per heavy atom. The van der Waals surface area contributed by atoms with Crippen LogP contribution in [0.25, 0.3) is 0 Å². The van der Waals surface area contributed by atoms with Gasteiger partial charge in [-0.05, 0) is 0 Å². The molecule has 0 spiro atoms. The summed E-state index contributed by atoms with van der Waals surface area (Å²) in [4.78, 5) is 22.8. The molecule has 0 bridgehead atoms. The predicted molar refractivity (Wildman–Crippen MR) is 49.4 cm³/mol. The molecule has 6 nitrogen and oxygen atoms in total. The molecule has 0 atom stereocenters. The van der Waals surface area contributed by atoms with Gasteiger partial charge in [0.05, 0.1) is 0 Å². The molecule has 2 rings (SSSR count). The predicted octanol–water partition coefficient (Wildman–Crippen LogP) is -1.45. The SMILES string of the molecule is N=c1c(=O)c2c(c(=O)c1=N)NC=CN2. The van der Waals surface area contributed by atoms with Crippen molar-refractivity contribution in [3.05, 3.63) is 43.6 Å². The van der Waals surface area contributed by atoms with E-state index in [0.717, 1.165) is 0 Å².